The lowest BCUT2D eigenvalue weighted by molar-refractivity contribution is -0.117. The van der Waals surface area contributed by atoms with Crippen LogP contribution in [-0.4, -0.2) is 25.5 Å². The average Bonchev–Trinajstić information content (AvgIpc) is 3.06. The quantitative estimate of drug-likeness (QED) is 0.862. The highest BCUT2D eigenvalue weighted by Gasteiger charge is 2.24. The fraction of sp³-hybridized carbons (Fsp3) is 0.333. The number of methoxy groups -OCH3 is 1. The Morgan fingerprint density at radius 3 is 2.77 bits per heavy atom. The zero-order valence-electron chi connectivity index (χ0n) is 15.2. The highest BCUT2D eigenvalue weighted by atomic mass is 16.5. The van der Waals surface area contributed by atoms with E-state index in [1.165, 1.54) is 5.56 Å². The van der Waals surface area contributed by atoms with Crippen molar-refractivity contribution in [2.75, 3.05) is 23.9 Å². The van der Waals surface area contributed by atoms with Gasteiger partial charge in [-0.15, -0.1) is 0 Å². The normalized spacial score (nSPS) is 13.8. The maximum Gasteiger partial charge on any atom is 0.227 e. The van der Waals surface area contributed by atoms with Gasteiger partial charge in [0.15, 0.2) is 0 Å². The fourth-order valence-corrected chi connectivity index (χ4v) is 3.23. The molecule has 0 unspecified atom stereocenters. The molecule has 1 aliphatic heterocycles. The summed E-state index contributed by atoms with van der Waals surface area (Å²) in [5.74, 6) is 0.680. The number of nitrogens with zero attached hydrogens (tertiary/aromatic N) is 1. The minimum atomic E-state index is -0.0460. The van der Waals surface area contributed by atoms with Gasteiger partial charge in [-0.05, 0) is 43.5 Å². The van der Waals surface area contributed by atoms with E-state index in [1.54, 1.807) is 24.1 Å². The molecule has 26 heavy (non-hydrogen) atoms. The molecule has 0 saturated carbocycles. The highest BCUT2D eigenvalue weighted by molar-refractivity contribution is 5.98. The Labute approximate surface area is 154 Å². The number of carbonyl (C=O) groups excluding carboxylic acids is 2. The molecule has 0 spiro atoms. The fourth-order valence-electron chi connectivity index (χ4n) is 3.23. The van der Waals surface area contributed by atoms with Crippen LogP contribution in [0.25, 0.3) is 0 Å². The van der Waals surface area contributed by atoms with Gasteiger partial charge in [0.25, 0.3) is 0 Å². The molecule has 0 aromatic heterocycles. The molecule has 1 fully saturated rings. The van der Waals surface area contributed by atoms with Gasteiger partial charge in [-0.1, -0.05) is 29.8 Å². The Morgan fingerprint density at radius 2 is 2.08 bits per heavy atom. The van der Waals surface area contributed by atoms with Gasteiger partial charge < -0.3 is 15.0 Å². The first kappa shape index (κ1) is 18.0. The Kier molecular flexibility index (Phi) is 5.56. The van der Waals surface area contributed by atoms with Gasteiger partial charge in [-0.25, -0.2) is 0 Å². The van der Waals surface area contributed by atoms with Crippen LogP contribution in [0.15, 0.2) is 42.5 Å². The molecule has 3 rings (SSSR count). The minimum absolute atomic E-state index is 0.0460. The molecule has 5 heteroatoms. The molecule has 2 aromatic rings. The molecule has 2 aromatic carbocycles. The molecule has 0 bridgehead atoms. The monoisotopic (exact) mass is 352 g/mol. The third kappa shape index (κ3) is 4.23. The number of anilines is 2. The minimum Gasteiger partial charge on any atom is -0.495 e. The van der Waals surface area contributed by atoms with Crippen LogP contribution in [0.1, 0.15) is 30.4 Å². The number of amides is 2. The van der Waals surface area contributed by atoms with Crippen LogP contribution in [0.4, 0.5) is 11.4 Å². The zero-order chi connectivity index (χ0) is 18.5. The number of aryl methyl sites for hydroxylation is 2. The van der Waals surface area contributed by atoms with Gasteiger partial charge >= 0.3 is 0 Å². The molecule has 5 nitrogen and oxygen atoms in total. The maximum absolute atomic E-state index is 12.3. The number of rotatable bonds is 6. The van der Waals surface area contributed by atoms with E-state index in [9.17, 15) is 9.59 Å². The van der Waals surface area contributed by atoms with Crippen molar-refractivity contribution >= 4 is 23.2 Å². The van der Waals surface area contributed by atoms with Gasteiger partial charge in [0, 0.05) is 25.1 Å². The molecule has 1 heterocycles. The van der Waals surface area contributed by atoms with Crippen molar-refractivity contribution in [2.45, 2.75) is 32.6 Å². The van der Waals surface area contributed by atoms with Crippen LogP contribution in [0, 0.1) is 6.92 Å². The summed E-state index contributed by atoms with van der Waals surface area (Å²) in [6, 6.07) is 13.6. The van der Waals surface area contributed by atoms with Crippen LogP contribution in [0.5, 0.6) is 5.75 Å². The largest absolute Gasteiger partial charge is 0.495 e. The number of carbonyl (C=O) groups is 2. The van der Waals surface area contributed by atoms with Crippen molar-refractivity contribution in [2.24, 2.45) is 0 Å². The first-order valence-electron chi connectivity index (χ1n) is 8.90. The van der Waals surface area contributed by atoms with Crippen LogP contribution >= 0.6 is 0 Å². The average molecular weight is 352 g/mol. The first-order valence-corrected chi connectivity index (χ1v) is 8.90. The summed E-state index contributed by atoms with van der Waals surface area (Å²) in [6.07, 6.45) is 2.50. The predicted molar refractivity (Wildman–Crippen MR) is 103 cm³/mol. The SMILES string of the molecule is COc1ccc(NC(=O)CCc2cccc(C)c2)cc1N1CCCC1=O. The molecule has 0 atom stereocenters. The lowest BCUT2D eigenvalue weighted by Gasteiger charge is -2.20. The predicted octanol–water partition coefficient (Wildman–Crippen LogP) is 3.70. The smallest absolute Gasteiger partial charge is 0.227 e. The van der Waals surface area contributed by atoms with E-state index in [1.807, 2.05) is 31.2 Å². The van der Waals surface area contributed by atoms with E-state index in [0.29, 0.717) is 42.9 Å². The van der Waals surface area contributed by atoms with Crippen molar-refractivity contribution in [1.82, 2.24) is 0 Å². The second kappa shape index (κ2) is 8.04. The summed E-state index contributed by atoms with van der Waals surface area (Å²) in [6.45, 7) is 2.72. The number of hydrogen-bond donors (Lipinski definition) is 1. The lowest BCUT2D eigenvalue weighted by atomic mass is 10.1. The molecule has 136 valence electrons. The third-order valence-electron chi connectivity index (χ3n) is 4.55. The third-order valence-corrected chi connectivity index (χ3v) is 4.55. The Hall–Kier alpha value is -2.82. The summed E-state index contributed by atoms with van der Waals surface area (Å²) in [5.41, 5.74) is 3.73. The standard InChI is InChI=1S/C21H24N2O3/c1-15-5-3-6-16(13-15)8-11-20(24)22-17-9-10-19(26-2)18(14-17)23-12-4-7-21(23)25/h3,5-6,9-10,13-14H,4,7-8,11-12H2,1-2H3,(H,22,24). The van der Waals surface area contributed by atoms with E-state index < -0.39 is 0 Å². The molecular formula is C21H24N2O3. The Balaban J connectivity index is 1.67. The second-order valence-electron chi connectivity index (χ2n) is 6.57. The number of ether oxygens (including phenoxy) is 1. The number of benzene rings is 2. The number of nitrogens with one attached hydrogen (secondary N) is 1. The number of hydrogen-bond acceptors (Lipinski definition) is 3. The van der Waals surface area contributed by atoms with Gasteiger partial charge in [0.05, 0.1) is 12.8 Å². The highest BCUT2D eigenvalue weighted by Crippen LogP contribution is 2.34. The van der Waals surface area contributed by atoms with E-state index in [0.717, 1.165) is 12.0 Å². The molecule has 0 aliphatic carbocycles. The summed E-state index contributed by atoms with van der Waals surface area (Å²) in [5, 5.41) is 2.92. The summed E-state index contributed by atoms with van der Waals surface area (Å²) >= 11 is 0. The lowest BCUT2D eigenvalue weighted by Crippen LogP contribution is -2.24. The van der Waals surface area contributed by atoms with Gasteiger partial charge in [-0.3, -0.25) is 9.59 Å². The summed E-state index contributed by atoms with van der Waals surface area (Å²) in [7, 11) is 1.58. The van der Waals surface area contributed by atoms with Crippen molar-refractivity contribution < 1.29 is 14.3 Å². The van der Waals surface area contributed by atoms with Crippen LogP contribution in [0.3, 0.4) is 0 Å². The van der Waals surface area contributed by atoms with Crippen molar-refractivity contribution in [3.8, 4) is 5.75 Å². The first-order chi connectivity index (χ1) is 12.6. The van der Waals surface area contributed by atoms with Gasteiger partial charge in [-0.2, -0.15) is 0 Å². The summed E-state index contributed by atoms with van der Waals surface area (Å²) in [4.78, 5) is 26.1. The molecule has 1 N–H and O–H groups in total. The van der Waals surface area contributed by atoms with Crippen molar-refractivity contribution in [3.05, 3.63) is 53.6 Å². The summed E-state index contributed by atoms with van der Waals surface area (Å²) < 4.78 is 5.38. The van der Waals surface area contributed by atoms with E-state index >= 15 is 0 Å². The van der Waals surface area contributed by atoms with Crippen LogP contribution in [-0.2, 0) is 16.0 Å². The van der Waals surface area contributed by atoms with E-state index in [2.05, 4.69) is 11.4 Å². The van der Waals surface area contributed by atoms with Gasteiger partial charge in [0.1, 0.15) is 5.75 Å². The van der Waals surface area contributed by atoms with E-state index in [4.69, 9.17) is 4.74 Å². The molecule has 2 amide bonds. The van der Waals surface area contributed by atoms with Gasteiger partial charge in [0.2, 0.25) is 11.8 Å². The van der Waals surface area contributed by atoms with Crippen LogP contribution in [0.2, 0.25) is 0 Å². The molecule has 0 radical (unpaired) electrons. The maximum atomic E-state index is 12.3. The van der Waals surface area contributed by atoms with Crippen molar-refractivity contribution in [3.63, 3.8) is 0 Å². The molecule has 1 aliphatic rings. The topological polar surface area (TPSA) is 58.6 Å². The zero-order valence-corrected chi connectivity index (χ0v) is 15.2. The molecular weight excluding hydrogens is 328 g/mol. The molecule has 1 saturated heterocycles. The Bertz CT molecular complexity index is 817. The van der Waals surface area contributed by atoms with E-state index in [-0.39, 0.29) is 11.8 Å². The van der Waals surface area contributed by atoms with Crippen LogP contribution < -0.4 is 15.0 Å². The second-order valence-corrected chi connectivity index (χ2v) is 6.57. The van der Waals surface area contributed by atoms with Crippen molar-refractivity contribution in [1.29, 1.82) is 0 Å². The Morgan fingerprint density at radius 1 is 1.23 bits per heavy atom.